The Kier molecular flexibility index (Phi) is 4.78. The first-order chi connectivity index (χ1) is 6.33. The van der Waals surface area contributed by atoms with Crippen molar-refractivity contribution in [3.8, 4) is 0 Å². The summed E-state index contributed by atoms with van der Waals surface area (Å²) in [6, 6.07) is 0. The molecule has 1 saturated heterocycles. The van der Waals surface area contributed by atoms with Crippen LogP contribution in [0.4, 0.5) is 0 Å². The smallest absolute Gasteiger partial charge is 0.209 e. The van der Waals surface area contributed by atoms with Crippen molar-refractivity contribution >= 4 is 6.41 Å². The molecule has 1 rings (SSSR count). The topological polar surface area (TPSA) is 35.6 Å². The number of nitrogens with zero attached hydrogens (tertiary/aromatic N) is 2. The molecule has 1 fully saturated rings. The number of piperazine rings is 1. The molecular formula is C9H19N3O. The summed E-state index contributed by atoms with van der Waals surface area (Å²) in [5, 5.41) is 3.32. The minimum Gasteiger partial charge on any atom is -0.348 e. The Morgan fingerprint density at radius 1 is 1.46 bits per heavy atom. The second kappa shape index (κ2) is 5.94. The van der Waals surface area contributed by atoms with Gasteiger partial charge in [0.2, 0.25) is 6.41 Å². The lowest BCUT2D eigenvalue weighted by atomic mass is 10.3. The van der Waals surface area contributed by atoms with E-state index in [1.54, 1.807) is 4.90 Å². The predicted octanol–water partition coefficient (Wildman–Crippen LogP) is -0.630. The van der Waals surface area contributed by atoms with Crippen molar-refractivity contribution in [2.75, 3.05) is 46.3 Å². The monoisotopic (exact) mass is 185 g/mol. The molecule has 0 aromatic carbocycles. The van der Waals surface area contributed by atoms with Gasteiger partial charge in [-0.3, -0.25) is 4.79 Å². The van der Waals surface area contributed by atoms with E-state index in [-0.39, 0.29) is 0 Å². The van der Waals surface area contributed by atoms with E-state index in [4.69, 9.17) is 0 Å². The third-order valence-corrected chi connectivity index (χ3v) is 2.37. The van der Waals surface area contributed by atoms with E-state index in [1.165, 1.54) is 0 Å². The molecule has 0 radical (unpaired) electrons. The molecular weight excluding hydrogens is 166 g/mol. The molecule has 76 valence electrons. The molecule has 0 saturated carbocycles. The first-order valence-electron chi connectivity index (χ1n) is 4.91. The number of nitrogens with one attached hydrogen (secondary N) is 1. The average Bonchev–Trinajstić information content (AvgIpc) is 2.19. The third-order valence-electron chi connectivity index (χ3n) is 2.37. The van der Waals surface area contributed by atoms with Crippen LogP contribution in [0.25, 0.3) is 0 Å². The quantitative estimate of drug-likeness (QED) is 0.579. The largest absolute Gasteiger partial charge is 0.348 e. The average molecular weight is 185 g/mol. The molecule has 1 amide bonds. The van der Waals surface area contributed by atoms with Crippen molar-refractivity contribution in [2.24, 2.45) is 0 Å². The minimum absolute atomic E-state index is 0.868. The first-order valence-corrected chi connectivity index (χ1v) is 4.91. The zero-order chi connectivity index (χ0) is 9.52. The summed E-state index contributed by atoms with van der Waals surface area (Å²) in [7, 11) is 1.82. The van der Waals surface area contributed by atoms with Crippen molar-refractivity contribution in [2.45, 2.75) is 6.42 Å². The van der Waals surface area contributed by atoms with Gasteiger partial charge in [0.1, 0.15) is 0 Å². The molecule has 1 heterocycles. The van der Waals surface area contributed by atoms with E-state index in [0.717, 1.165) is 52.1 Å². The van der Waals surface area contributed by atoms with Gasteiger partial charge in [-0.25, -0.2) is 0 Å². The van der Waals surface area contributed by atoms with Gasteiger partial charge >= 0.3 is 0 Å². The number of amides is 1. The van der Waals surface area contributed by atoms with E-state index < -0.39 is 0 Å². The third kappa shape index (κ3) is 4.24. The van der Waals surface area contributed by atoms with Crippen LogP contribution in [0.2, 0.25) is 0 Å². The molecule has 0 spiro atoms. The molecule has 1 N–H and O–H groups in total. The lowest BCUT2D eigenvalue weighted by molar-refractivity contribution is -0.117. The summed E-state index contributed by atoms with van der Waals surface area (Å²) in [5.74, 6) is 0. The Morgan fingerprint density at radius 2 is 2.15 bits per heavy atom. The van der Waals surface area contributed by atoms with E-state index in [0.29, 0.717) is 0 Å². The normalized spacial score (nSPS) is 18.5. The van der Waals surface area contributed by atoms with Gasteiger partial charge in [0.05, 0.1) is 0 Å². The standard InChI is InChI=1S/C9H19N3O/c1-11(9-13)5-2-6-12-7-3-10-4-8-12/h9-10H,2-8H2,1H3. The van der Waals surface area contributed by atoms with E-state index in [1.807, 2.05) is 7.05 Å². The minimum atomic E-state index is 0.868. The molecule has 0 unspecified atom stereocenters. The van der Waals surface area contributed by atoms with E-state index in [9.17, 15) is 4.79 Å². The summed E-state index contributed by atoms with van der Waals surface area (Å²) in [4.78, 5) is 14.4. The van der Waals surface area contributed by atoms with Crippen LogP contribution >= 0.6 is 0 Å². The Morgan fingerprint density at radius 3 is 2.77 bits per heavy atom. The second-order valence-corrected chi connectivity index (χ2v) is 3.53. The molecule has 4 nitrogen and oxygen atoms in total. The van der Waals surface area contributed by atoms with Crippen LogP contribution < -0.4 is 5.32 Å². The molecule has 1 aliphatic heterocycles. The molecule has 0 aliphatic carbocycles. The molecule has 0 atom stereocenters. The number of rotatable bonds is 5. The Balaban J connectivity index is 2.01. The van der Waals surface area contributed by atoms with Gasteiger partial charge in [0.25, 0.3) is 0 Å². The second-order valence-electron chi connectivity index (χ2n) is 3.53. The fourth-order valence-electron chi connectivity index (χ4n) is 1.53. The molecule has 4 heteroatoms. The van der Waals surface area contributed by atoms with Crippen LogP contribution in [0.15, 0.2) is 0 Å². The molecule has 1 aliphatic rings. The lowest BCUT2D eigenvalue weighted by Gasteiger charge is -2.27. The highest BCUT2D eigenvalue weighted by atomic mass is 16.1. The van der Waals surface area contributed by atoms with Gasteiger partial charge < -0.3 is 15.1 Å². The zero-order valence-electron chi connectivity index (χ0n) is 8.33. The van der Waals surface area contributed by atoms with Crippen LogP contribution in [0, 0.1) is 0 Å². The summed E-state index contributed by atoms with van der Waals surface area (Å²) >= 11 is 0. The highest BCUT2D eigenvalue weighted by Crippen LogP contribution is 1.94. The number of carbonyl (C=O) groups excluding carboxylic acids is 1. The molecule has 0 aromatic rings. The number of hydrogen-bond acceptors (Lipinski definition) is 3. The summed E-state index contributed by atoms with van der Waals surface area (Å²) in [5.41, 5.74) is 0. The fraction of sp³-hybridized carbons (Fsp3) is 0.889. The van der Waals surface area contributed by atoms with Crippen molar-refractivity contribution in [1.29, 1.82) is 0 Å². The van der Waals surface area contributed by atoms with E-state index in [2.05, 4.69) is 10.2 Å². The lowest BCUT2D eigenvalue weighted by Crippen LogP contribution is -2.44. The Hall–Kier alpha value is -0.610. The SMILES string of the molecule is CN(C=O)CCCN1CCNCC1. The fourth-order valence-corrected chi connectivity index (χ4v) is 1.53. The van der Waals surface area contributed by atoms with Crippen molar-refractivity contribution in [1.82, 2.24) is 15.1 Å². The van der Waals surface area contributed by atoms with Gasteiger partial charge in [-0.2, -0.15) is 0 Å². The van der Waals surface area contributed by atoms with Crippen LogP contribution in [0.1, 0.15) is 6.42 Å². The maximum atomic E-state index is 10.3. The molecule has 0 bridgehead atoms. The van der Waals surface area contributed by atoms with E-state index >= 15 is 0 Å². The Labute approximate surface area is 79.9 Å². The summed E-state index contributed by atoms with van der Waals surface area (Å²) in [6.45, 7) is 6.47. The van der Waals surface area contributed by atoms with Crippen LogP contribution in [-0.4, -0.2) is 62.5 Å². The predicted molar refractivity (Wildman–Crippen MR) is 52.6 cm³/mol. The van der Waals surface area contributed by atoms with Crippen molar-refractivity contribution in [3.05, 3.63) is 0 Å². The maximum absolute atomic E-state index is 10.3. The highest BCUT2D eigenvalue weighted by Gasteiger charge is 2.08. The highest BCUT2D eigenvalue weighted by molar-refractivity contribution is 5.46. The number of carbonyl (C=O) groups is 1. The van der Waals surface area contributed by atoms with Crippen molar-refractivity contribution in [3.63, 3.8) is 0 Å². The maximum Gasteiger partial charge on any atom is 0.209 e. The zero-order valence-corrected chi connectivity index (χ0v) is 8.33. The van der Waals surface area contributed by atoms with Crippen molar-refractivity contribution < 1.29 is 4.79 Å². The van der Waals surface area contributed by atoms with Gasteiger partial charge in [0.15, 0.2) is 0 Å². The summed E-state index contributed by atoms with van der Waals surface area (Å²) in [6.07, 6.45) is 1.97. The van der Waals surface area contributed by atoms with Crippen LogP contribution in [-0.2, 0) is 4.79 Å². The van der Waals surface area contributed by atoms with Gasteiger partial charge in [0, 0.05) is 39.8 Å². The van der Waals surface area contributed by atoms with Gasteiger partial charge in [-0.05, 0) is 13.0 Å². The molecule has 0 aromatic heterocycles. The van der Waals surface area contributed by atoms with Gasteiger partial charge in [-0.1, -0.05) is 0 Å². The van der Waals surface area contributed by atoms with Crippen LogP contribution in [0.5, 0.6) is 0 Å². The van der Waals surface area contributed by atoms with Gasteiger partial charge in [-0.15, -0.1) is 0 Å². The molecule has 13 heavy (non-hydrogen) atoms. The first kappa shape index (κ1) is 10.5. The number of hydrogen-bond donors (Lipinski definition) is 1. The van der Waals surface area contributed by atoms with Crippen LogP contribution in [0.3, 0.4) is 0 Å². The summed E-state index contributed by atoms with van der Waals surface area (Å²) < 4.78 is 0. The Bertz CT molecular complexity index is 146.